The third-order valence-corrected chi connectivity index (χ3v) is 6.13. The molecule has 0 saturated heterocycles. The van der Waals surface area contributed by atoms with Crippen LogP contribution in [0.4, 0.5) is 5.69 Å². The number of anilines is 1. The summed E-state index contributed by atoms with van der Waals surface area (Å²) in [6.07, 6.45) is 1.64. The Balaban J connectivity index is 1.44. The number of methoxy groups -OCH3 is 2. The maximum atomic E-state index is 12.9. The summed E-state index contributed by atoms with van der Waals surface area (Å²) in [5, 5.41) is 12.6. The summed E-state index contributed by atoms with van der Waals surface area (Å²) in [6, 6.07) is 12.4. The zero-order valence-electron chi connectivity index (χ0n) is 20.2. The van der Waals surface area contributed by atoms with Crippen molar-refractivity contribution in [2.75, 3.05) is 19.5 Å². The monoisotopic (exact) mass is 529 g/mol. The van der Waals surface area contributed by atoms with Crippen LogP contribution in [-0.4, -0.2) is 39.7 Å². The molecular formula is C25H25Cl2N5O4. The Morgan fingerprint density at radius 2 is 1.72 bits per heavy atom. The summed E-state index contributed by atoms with van der Waals surface area (Å²) in [5.74, 6) is 1.29. The summed E-state index contributed by atoms with van der Waals surface area (Å²) in [7, 11) is 3.19. The van der Waals surface area contributed by atoms with Crippen LogP contribution < -0.4 is 19.5 Å². The van der Waals surface area contributed by atoms with E-state index in [1.165, 1.54) is 4.68 Å². The third-order valence-electron chi connectivity index (χ3n) is 5.53. The minimum absolute atomic E-state index is 0.0397. The molecule has 188 valence electrons. The molecule has 9 nitrogen and oxygen atoms in total. The number of aromatic nitrogens is 4. The molecule has 0 spiro atoms. The largest absolute Gasteiger partial charge is 0.493 e. The first-order valence-electron chi connectivity index (χ1n) is 11.0. The SMILES string of the molecule is COc1ccc(Cn2nc(C)c(NC(=O)c3ccn(COc4c(Cl)cccc4Cl)n3)c2C)cc1OC. The smallest absolute Gasteiger partial charge is 0.276 e. The summed E-state index contributed by atoms with van der Waals surface area (Å²) in [6.45, 7) is 4.28. The normalized spacial score (nSPS) is 10.8. The Kier molecular flexibility index (Phi) is 7.71. The van der Waals surface area contributed by atoms with Crippen molar-refractivity contribution in [3.05, 3.63) is 81.4 Å². The van der Waals surface area contributed by atoms with Crippen LogP contribution in [0.3, 0.4) is 0 Å². The first-order chi connectivity index (χ1) is 17.3. The summed E-state index contributed by atoms with van der Waals surface area (Å²) in [4.78, 5) is 12.9. The van der Waals surface area contributed by atoms with Gasteiger partial charge in [0.1, 0.15) is 0 Å². The second-order valence-corrected chi connectivity index (χ2v) is 8.73. The van der Waals surface area contributed by atoms with E-state index < -0.39 is 0 Å². The van der Waals surface area contributed by atoms with Gasteiger partial charge in [0.15, 0.2) is 29.7 Å². The lowest BCUT2D eigenvalue weighted by molar-refractivity contribution is 0.102. The van der Waals surface area contributed by atoms with Gasteiger partial charge < -0.3 is 19.5 Å². The molecular weight excluding hydrogens is 505 g/mol. The van der Waals surface area contributed by atoms with Gasteiger partial charge in [-0.25, -0.2) is 4.68 Å². The van der Waals surface area contributed by atoms with Crippen molar-refractivity contribution in [3.63, 3.8) is 0 Å². The van der Waals surface area contributed by atoms with Crippen molar-refractivity contribution >= 4 is 34.8 Å². The van der Waals surface area contributed by atoms with Gasteiger partial charge in [-0.3, -0.25) is 9.48 Å². The number of halogens is 2. The Labute approximate surface area is 218 Å². The molecule has 0 unspecified atom stereocenters. The highest BCUT2D eigenvalue weighted by Crippen LogP contribution is 2.32. The maximum Gasteiger partial charge on any atom is 0.276 e. The summed E-state index contributed by atoms with van der Waals surface area (Å²) in [5.41, 5.74) is 3.35. The van der Waals surface area contributed by atoms with E-state index in [9.17, 15) is 4.79 Å². The predicted octanol–water partition coefficient (Wildman–Crippen LogP) is 5.36. The molecule has 2 aromatic carbocycles. The van der Waals surface area contributed by atoms with E-state index in [1.54, 1.807) is 44.7 Å². The molecule has 11 heteroatoms. The number of nitrogens with one attached hydrogen (secondary N) is 1. The minimum atomic E-state index is -0.360. The number of hydrogen-bond donors (Lipinski definition) is 1. The van der Waals surface area contributed by atoms with Crippen LogP contribution in [0.2, 0.25) is 10.0 Å². The fourth-order valence-corrected chi connectivity index (χ4v) is 4.17. The molecule has 0 aliphatic heterocycles. The standard InChI is InChI=1S/C25H25Cl2N5O4/c1-15-23(16(2)32(29-15)13-17-8-9-21(34-3)22(12-17)35-4)28-25(33)20-10-11-31(30-20)14-36-24-18(26)6-5-7-19(24)27/h5-12H,13-14H2,1-4H3,(H,28,33). The van der Waals surface area contributed by atoms with E-state index in [1.807, 2.05) is 36.7 Å². The number of ether oxygens (including phenoxy) is 3. The molecule has 2 aromatic heterocycles. The summed E-state index contributed by atoms with van der Waals surface area (Å²) >= 11 is 12.3. The zero-order chi connectivity index (χ0) is 25.8. The Morgan fingerprint density at radius 3 is 2.42 bits per heavy atom. The average Bonchev–Trinajstić information content (AvgIpc) is 3.44. The van der Waals surface area contributed by atoms with Gasteiger partial charge in [-0.1, -0.05) is 35.3 Å². The Morgan fingerprint density at radius 1 is 1.00 bits per heavy atom. The van der Waals surface area contributed by atoms with Crippen LogP contribution >= 0.6 is 23.2 Å². The highest BCUT2D eigenvalue weighted by molar-refractivity contribution is 6.37. The van der Waals surface area contributed by atoms with Gasteiger partial charge in [0.2, 0.25) is 0 Å². The van der Waals surface area contributed by atoms with Crippen LogP contribution in [0.15, 0.2) is 48.7 Å². The molecule has 1 amide bonds. The van der Waals surface area contributed by atoms with Gasteiger partial charge in [0.25, 0.3) is 5.91 Å². The van der Waals surface area contributed by atoms with Gasteiger partial charge in [-0.15, -0.1) is 0 Å². The fourth-order valence-electron chi connectivity index (χ4n) is 3.67. The molecule has 36 heavy (non-hydrogen) atoms. The molecule has 0 aliphatic rings. The number of rotatable bonds is 9. The quantitative estimate of drug-likeness (QED) is 0.313. The number of hydrogen-bond acceptors (Lipinski definition) is 6. The van der Waals surface area contributed by atoms with E-state index in [-0.39, 0.29) is 18.3 Å². The van der Waals surface area contributed by atoms with E-state index in [0.29, 0.717) is 45.2 Å². The van der Waals surface area contributed by atoms with Crippen molar-refractivity contribution in [3.8, 4) is 17.2 Å². The zero-order valence-corrected chi connectivity index (χ0v) is 21.7. The van der Waals surface area contributed by atoms with E-state index in [0.717, 1.165) is 11.3 Å². The number of aryl methyl sites for hydroxylation is 1. The van der Waals surface area contributed by atoms with Crippen LogP contribution in [0, 0.1) is 13.8 Å². The van der Waals surface area contributed by atoms with Crippen molar-refractivity contribution in [1.29, 1.82) is 0 Å². The summed E-state index contributed by atoms with van der Waals surface area (Å²) < 4.78 is 19.7. The van der Waals surface area contributed by atoms with Crippen LogP contribution in [0.1, 0.15) is 27.4 Å². The number of benzene rings is 2. The fraction of sp³-hybridized carbons (Fsp3) is 0.240. The van der Waals surface area contributed by atoms with Gasteiger partial charge in [-0.2, -0.15) is 10.2 Å². The van der Waals surface area contributed by atoms with Crippen molar-refractivity contribution < 1.29 is 19.0 Å². The molecule has 0 fully saturated rings. The van der Waals surface area contributed by atoms with Crippen molar-refractivity contribution in [1.82, 2.24) is 19.6 Å². The molecule has 4 rings (SSSR count). The highest BCUT2D eigenvalue weighted by Gasteiger charge is 2.18. The molecule has 4 aromatic rings. The molecule has 0 atom stereocenters. The van der Waals surface area contributed by atoms with E-state index in [2.05, 4.69) is 15.5 Å². The first-order valence-corrected chi connectivity index (χ1v) is 11.7. The van der Waals surface area contributed by atoms with E-state index in [4.69, 9.17) is 37.4 Å². The average molecular weight is 530 g/mol. The van der Waals surface area contributed by atoms with Gasteiger partial charge in [-0.05, 0) is 49.7 Å². The second kappa shape index (κ2) is 10.9. The second-order valence-electron chi connectivity index (χ2n) is 7.91. The molecule has 0 radical (unpaired) electrons. The molecule has 0 aliphatic carbocycles. The number of amides is 1. The van der Waals surface area contributed by atoms with Gasteiger partial charge in [0.05, 0.1) is 47.9 Å². The lowest BCUT2D eigenvalue weighted by Crippen LogP contribution is -2.15. The number of nitrogens with zero attached hydrogens (tertiary/aromatic N) is 4. The molecule has 0 bridgehead atoms. The van der Waals surface area contributed by atoms with Crippen molar-refractivity contribution in [2.24, 2.45) is 0 Å². The van der Waals surface area contributed by atoms with Gasteiger partial charge >= 0.3 is 0 Å². The molecule has 0 saturated carbocycles. The van der Waals surface area contributed by atoms with Crippen LogP contribution in [0.25, 0.3) is 0 Å². The first kappa shape index (κ1) is 25.4. The minimum Gasteiger partial charge on any atom is -0.493 e. The third kappa shape index (κ3) is 5.42. The van der Waals surface area contributed by atoms with Gasteiger partial charge in [0, 0.05) is 6.20 Å². The topological polar surface area (TPSA) is 92.4 Å². The number of carbonyl (C=O) groups excluding carboxylic acids is 1. The lowest BCUT2D eigenvalue weighted by Gasteiger charge is -2.11. The predicted molar refractivity (Wildman–Crippen MR) is 138 cm³/mol. The Hall–Kier alpha value is -3.69. The number of carbonyl (C=O) groups is 1. The highest BCUT2D eigenvalue weighted by atomic mass is 35.5. The van der Waals surface area contributed by atoms with E-state index >= 15 is 0 Å². The lowest BCUT2D eigenvalue weighted by atomic mass is 10.2. The Bertz CT molecular complexity index is 1380. The molecule has 1 N–H and O–H groups in total. The van der Waals surface area contributed by atoms with Crippen molar-refractivity contribution in [2.45, 2.75) is 27.1 Å². The van der Waals surface area contributed by atoms with Crippen LogP contribution in [-0.2, 0) is 13.3 Å². The van der Waals surface area contributed by atoms with Crippen LogP contribution in [0.5, 0.6) is 17.2 Å². The number of para-hydroxylation sites is 1. The maximum absolute atomic E-state index is 12.9. The molecule has 2 heterocycles.